The van der Waals surface area contributed by atoms with Crippen LogP contribution in [0.3, 0.4) is 0 Å². The summed E-state index contributed by atoms with van der Waals surface area (Å²) in [5.74, 6) is -0.0658. The molecule has 2 rings (SSSR count). The number of carbonyl (C=O) groups excluding carboxylic acids is 1. The van der Waals surface area contributed by atoms with Crippen molar-refractivity contribution in [2.75, 3.05) is 11.1 Å². The summed E-state index contributed by atoms with van der Waals surface area (Å²) in [4.78, 5) is 11.9. The van der Waals surface area contributed by atoms with Crippen molar-refractivity contribution in [3.8, 4) is 0 Å². The predicted octanol–water partition coefficient (Wildman–Crippen LogP) is 2.76. The molecule has 2 aromatic rings. The van der Waals surface area contributed by atoms with Gasteiger partial charge in [-0.25, -0.2) is 0 Å². The molecule has 0 saturated carbocycles. The summed E-state index contributed by atoms with van der Waals surface area (Å²) in [6.07, 6.45) is 1.92. The monoisotopic (exact) mass is 292 g/mol. The maximum absolute atomic E-state index is 11.9. The average molecular weight is 293 g/mol. The molecule has 0 fully saturated rings. The van der Waals surface area contributed by atoms with E-state index in [1.807, 2.05) is 19.9 Å². The van der Waals surface area contributed by atoms with Crippen LogP contribution in [-0.4, -0.2) is 15.7 Å². The van der Waals surface area contributed by atoms with Crippen LogP contribution in [0.2, 0.25) is 5.02 Å². The molecule has 106 valence electrons. The normalized spacial score (nSPS) is 10.6. The van der Waals surface area contributed by atoms with Gasteiger partial charge in [0.05, 0.1) is 23.5 Å². The SMILES string of the molecule is Cc1cc(N)ccc1NC(=O)CCn1ncc(Cl)c1C. The minimum absolute atomic E-state index is 0.0658. The van der Waals surface area contributed by atoms with Crippen molar-refractivity contribution in [2.45, 2.75) is 26.8 Å². The van der Waals surface area contributed by atoms with Gasteiger partial charge in [0.25, 0.3) is 0 Å². The summed E-state index contributed by atoms with van der Waals surface area (Å²) in [6, 6.07) is 5.39. The fourth-order valence-electron chi connectivity index (χ4n) is 1.90. The number of rotatable bonds is 4. The quantitative estimate of drug-likeness (QED) is 0.851. The van der Waals surface area contributed by atoms with Crippen LogP contribution in [0.15, 0.2) is 24.4 Å². The number of halogens is 1. The summed E-state index contributed by atoms with van der Waals surface area (Å²) in [5.41, 5.74) is 8.94. The van der Waals surface area contributed by atoms with Gasteiger partial charge < -0.3 is 11.1 Å². The molecule has 1 aromatic heterocycles. The number of aromatic nitrogens is 2. The molecule has 20 heavy (non-hydrogen) atoms. The summed E-state index contributed by atoms with van der Waals surface area (Å²) in [5, 5.41) is 7.59. The number of hydrogen-bond donors (Lipinski definition) is 2. The number of aryl methyl sites for hydroxylation is 2. The number of nitrogen functional groups attached to an aromatic ring is 1. The largest absolute Gasteiger partial charge is 0.399 e. The van der Waals surface area contributed by atoms with Crippen molar-refractivity contribution >= 4 is 28.9 Å². The number of nitrogens with zero attached hydrogens (tertiary/aromatic N) is 2. The van der Waals surface area contributed by atoms with E-state index in [2.05, 4.69) is 10.4 Å². The molecule has 0 atom stereocenters. The number of nitrogens with one attached hydrogen (secondary N) is 1. The first-order valence-electron chi connectivity index (χ1n) is 6.31. The third-order valence-electron chi connectivity index (χ3n) is 3.12. The lowest BCUT2D eigenvalue weighted by atomic mass is 10.2. The van der Waals surface area contributed by atoms with Crippen LogP contribution in [0.4, 0.5) is 11.4 Å². The lowest BCUT2D eigenvalue weighted by Gasteiger charge is -2.09. The van der Waals surface area contributed by atoms with E-state index in [9.17, 15) is 4.79 Å². The smallest absolute Gasteiger partial charge is 0.226 e. The second kappa shape index (κ2) is 5.96. The van der Waals surface area contributed by atoms with Gasteiger partial charge in [0, 0.05) is 17.8 Å². The first-order valence-corrected chi connectivity index (χ1v) is 6.69. The van der Waals surface area contributed by atoms with Crippen molar-refractivity contribution in [2.24, 2.45) is 0 Å². The van der Waals surface area contributed by atoms with Gasteiger partial charge in [-0.05, 0) is 37.6 Å². The van der Waals surface area contributed by atoms with Crippen molar-refractivity contribution < 1.29 is 4.79 Å². The molecule has 5 nitrogen and oxygen atoms in total. The van der Waals surface area contributed by atoms with Gasteiger partial charge >= 0.3 is 0 Å². The van der Waals surface area contributed by atoms with Gasteiger partial charge in [-0.3, -0.25) is 9.48 Å². The van der Waals surface area contributed by atoms with Crippen molar-refractivity contribution in [1.82, 2.24) is 9.78 Å². The molecule has 0 saturated heterocycles. The highest BCUT2D eigenvalue weighted by molar-refractivity contribution is 6.31. The third kappa shape index (κ3) is 3.30. The van der Waals surface area contributed by atoms with E-state index in [4.69, 9.17) is 17.3 Å². The molecule has 0 radical (unpaired) electrons. The van der Waals surface area contributed by atoms with E-state index in [0.29, 0.717) is 23.7 Å². The highest BCUT2D eigenvalue weighted by atomic mass is 35.5. The Morgan fingerprint density at radius 3 is 2.80 bits per heavy atom. The molecule has 6 heteroatoms. The maximum Gasteiger partial charge on any atom is 0.226 e. The van der Waals surface area contributed by atoms with Crippen LogP contribution in [0.25, 0.3) is 0 Å². The predicted molar refractivity (Wildman–Crippen MR) is 80.8 cm³/mol. The van der Waals surface area contributed by atoms with Crippen LogP contribution in [0.5, 0.6) is 0 Å². The summed E-state index contributed by atoms with van der Waals surface area (Å²) in [7, 11) is 0. The van der Waals surface area contributed by atoms with E-state index in [-0.39, 0.29) is 5.91 Å². The molecule has 1 heterocycles. The van der Waals surface area contributed by atoms with E-state index < -0.39 is 0 Å². The number of benzene rings is 1. The zero-order valence-corrected chi connectivity index (χ0v) is 12.2. The van der Waals surface area contributed by atoms with Crippen LogP contribution in [0.1, 0.15) is 17.7 Å². The molecular weight excluding hydrogens is 276 g/mol. The molecule has 0 spiro atoms. The summed E-state index contributed by atoms with van der Waals surface area (Å²) in [6.45, 7) is 4.28. The number of nitrogens with two attached hydrogens (primary N) is 1. The second-order valence-corrected chi connectivity index (χ2v) is 5.08. The highest BCUT2D eigenvalue weighted by Crippen LogP contribution is 2.18. The zero-order chi connectivity index (χ0) is 14.7. The van der Waals surface area contributed by atoms with Gasteiger partial charge in [0.2, 0.25) is 5.91 Å². The summed E-state index contributed by atoms with van der Waals surface area (Å²) >= 11 is 5.91. The van der Waals surface area contributed by atoms with E-state index in [0.717, 1.165) is 16.9 Å². The standard InChI is InChI=1S/C14H17ClN4O/c1-9-7-11(16)3-4-13(9)18-14(20)5-6-19-10(2)12(15)8-17-19/h3-4,7-8H,5-6,16H2,1-2H3,(H,18,20). The minimum Gasteiger partial charge on any atom is -0.399 e. The fourth-order valence-corrected chi connectivity index (χ4v) is 2.04. The third-order valence-corrected chi connectivity index (χ3v) is 3.49. The zero-order valence-electron chi connectivity index (χ0n) is 11.5. The van der Waals surface area contributed by atoms with Crippen molar-refractivity contribution in [3.05, 3.63) is 40.7 Å². The van der Waals surface area contributed by atoms with Gasteiger partial charge in [-0.2, -0.15) is 5.10 Å². The van der Waals surface area contributed by atoms with E-state index in [1.54, 1.807) is 23.0 Å². The molecule has 1 amide bonds. The number of anilines is 2. The molecule has 0 unspecified atom stereocenters. The van der Waals surface area contributed by atoms with E-state index in [1.165, 1.54) is 0 Å². The first-order chi connectivity index (χ1) is 9.47. The Morgan fingerprint density at radius 2 is 2.20 bits per heavy atom. The van der Waals surface area contributed by atoms with Gasteiger partial charge in [0.15, 0.2) is 0 Å². The molecule has 0 aliphatic heterocycles. The molecule has 3 N–H and O–H groups in total. The number of hydrogen-bond acceptors (Lipinski definition) is 3. The molecule has 0 aliphatic rings. The topological polar surface area (TPSA) is 72.9 Å². The minimum atomic E-state index is -0.0658. The molecule has 0 aliphatic carbocycles. The Morgan fingerprint density at radius 1 is 1.45 bits per heavy atom. The average Bonchev–Trinajstić information content (AvgIpc) is 2.71. The second-order valence-electron chi connectivity index (χ2n) is 4.67. The van der Waals surface area contributed by atoms with Crippen molar-refractivity contribution in [1.29, 1.82) is 0 Å². The molecule has 0 bridgehead atoms. The number of amides is 1. The fraction of sp³-hybridized carbons (Fsp3) is 0.286. The van der Waals surface area contributed by atoms with Crippen molar-refractivity contribution in [3.63, 3.8) is 0 Å². The van der Waals surface area contributed by atoms with Crippen LogP contribution in [-0.2, 0) is 11.3 Å². The van der Waals surface area contributed by atoms with Crippen LogP contribution < -0.4 is 11.1 Å². The van der Waals surface area contributed by atoms with Gasteiger partial charge in [-0.15, -0.1) is 0 Å². The van der Waals surface area contributed by atoms with Crippen LogP contribution >= 0.6 is 11.6 Å². The molecular formula is C14H17ClN4O. The Balaban J connectivity index is 1.94. The first kappa shape index (κ1) is 14.4. The Bertz CT molecular complexity index is 636. The summed E-state index contributed by atoms with van der Waals surface area (Å²) < 4.78 is 1.72. The van der Waals surface area contributed by atoms with Gasteiger partial charge in [-0.1, -0.05) is 11.6 Å². The Hall–Kier alpha value is -2.01. The van der Waals surface area contributed by atoms with Crippen LogP contribution in [0, 0.1) is 13.8 Å². The lowest BCUT2D eigenvalue weighted by Crippen LogP contribution is -2.16. The molecule has 1 aromatic carbocycles. The number of carbonyl (C=O) groups is 1. The lowest BCUT2D eigenvalue weighted by molar-refractivity contribution is -0.116. The highest BCUT2D eigenvalue weighted by Gasteiger charge is 2.08. The van der Waals surface area contributed by atoms with E-state index >= 15 is 0 Å². The Kier molecular flexibility index (Phi) is 4.29. The maximum atomic E-state index is 11.9. The van der Waals surface area contributed by atoms with Gasteiger partial charge in [0.1, 0.15) is 0 Å². The Labute approximate surface area is 122 Å².